The monoisotopic (exact) mass is 526 g/mol. The lowest BCUT2D eigenvalue weighted by Gasteiger charge is -2.02. The number of hydrogen-bond acceptors (Lipinski definition) is 9. The van der Waals surface area contributed by atoms with Gasteiger partial charge < -0.3 is 14.9 Å². The number of carboxylic acid groups (broad SMARTS) is 1. The lowest BCUT2D eigenvalue weighted by atomic mass is 10.1. The van der Waals surface area contributed by atoms with Crippen LogP contribution in [0.4, 0.5) is 11.4 Å². The van der Waals surface area contributed by atoms with Gasteiger partial charge in [-0.05, 0) is 25.0 Å². The zero-order valence-corrected chi connectivity index (χ0v) is 20.0. The van der Waals surface area contributed by atoms with Crippen LogP contribution in [0.5, 0.6) is 0 Å². The minimum Gasteiger partial charge on any atom is -0.478 e. The van der Waals surface area contributed by atoms with Gasteiger partial charge in [0.25, 0.3) is 11.4 Å². The van der Waals surface area contributed by atoms with Gasteiger partial charge in [0.2, 0.25) is 9.23 Å². The van der Waals surface area contributed by atoms with Crippen LogP contribution in [-0.2, 0) is 14.0 Å². The van der Waals surface area contributed by atoms with E-state index in [1.165, 1.54) is 37.4 Å². The van der Waals surface area contributed by atoms with Crippen LogP contribution in [0, 0.1) is 34.1 Å². The van der Waals surface area contributed by atoms with Crippen molar-refractivity contribution in [3.05, 3.63) is 78.9 Å². The molecule has 0 aliphatic carbocycles. The molecule has 0 spiro atoms. The molecule has 2 aromatic carbocycles. The second-order valence-electron chi connectivity index (χ2n) is 5.49. The molecular weight excluding hydrogens is 507 g/mol. The van der Waals surface area contributed by atoms with Crippen LogP contribution in [0.25, 0.3) is 0 Å². The number of nitro benzene ring substituents is 2. The zero-order valence-electron chi connectivity index (χ0n) is 17.7. The van der Waals surface area contributed by atoms with E-state index < -0.39 is 31.0 Å². The smallest absolute Gasteiger partial charge is 0.338 e. The SMILES string of the molecule is CO.COC(=O)c1cc([N+](=O)[O-])ccc1C.Cc1ccc([N+](=O)[O-])cc1C(=O)O.O=S(Cl)Cl. The summed E-state index contributed by atoms with van der Waals surface area (Å²) < 4.78 is 13.6. The van der Waals surface area contributed by atoms with Crippen LogP contribution in [0.1, 0.15) is 31.8 Å². The van der Waals surface area contributed by atoms with Gasteiger partial charge in [0.1, 0.15) is 0 Å². The molecule has 0 saturated carbocycles. The van der Waals surface area contributed by atoms with E-state index in [1.807, 2.05) is 0 Å². The summed E-state index contributed by atoms with van der Waals surface area (Å²) in [5.74, 6) is -1.72. The first kappa shape index (κ1) is 32.1. The molecule has 0 aliphatic heterocycles. The Labute approximate surface area is 199 Å². The van der Waals surface area contributed by atoms with Crippen molar-refractivity contribution in [3.8, 4) is 0 Å². The number of carboxylic acids is 1. The number of non-ortho nitro benzene ring substituents is 2. The number of carbonyl (C=O) groups is 2. The quantitative estimate of drug-likeness (QED) is 0.255. The average Bonchev–Trinajstić information content (AvgIpc) is 2.74. The van der Waals surface area contributed by atoms with Crippen LogP contribution >= 0.6 is 21.4 Å². The third kappa shape index (κ3) is 12.5. The van der Waals surface area contributed by atoms with E-state index in [4.69, 9.17) is 14.4 Å². The highest BCUT2D eigenvalue weighted by atomic mass is 36.0. The molecule has 2 rings (SSSR count). The summed E-state index contributed by atoms with van der Waals surface area (Å²) in [5.41, 5.74) is 1.04. The Bertz CT molecular complexity index is 1010. The number of esters is 1. The van der Waals surface area contributed by atoms with Gasteiger partial charge in [-0.1, -0.05) is 12.1 Å². The number of aryl methyl sites for hydroxylation is 2. The highest BCUT2D eigenvalue weighted by Gasteiger charge is 2.14. The molecule has 2 aromatic rings. The molecular formula is C18H20Cl2N2O10S. The molecule has 12 nitrogen and oxygen atoms in total. The maximum absolute atomic E-state index is 11.2. The summed E-state index contributed by atoms with van der Waals surface area (Å²) in [6, 6.07) is 7.83. The van der Waals surface area contributed by atoms with E-state index in [2.05, 4.69) is 26.1 Å². The number of aromatic carboxylic acids is 1. The number of benzene rings is 2. The first-order chi connectivity index (χ1) is 15.3. The lowest BCUT2D eigenvalue weighted by molar-refractivity contribution is -0.385. The lowest BCUT2D eigenvalue weighted by Crippen LogP contribution is -2.04. The van der Waals surface area contributed by atoms with Gasteiger partial charge in [0.15, 0.2) is 0 Å². The Kier molecular flexibility index (Phi) is 16.0. The van der Waals surface area contributed by atoms with Gasteiger partial charge in [0.05, 0.1) is 28.1 Å². The van der Waals surface area contributed by atoms with Gasteiger partial charge >= 0.3 is 11.9 Å². The average molecular weight is 527 g/mol. The Morgan fingerprint density at radius 1 is 0.909 bits per heavy atom. The first-order valence-corrected chi connectivity index (χ1v) is 11.1. The fourth-order valence-corrected chi connectivity index (χ4v) is 2.01. The van der Waals surface area contributed by atoms with Crippen molar-refractivity contribution in [1.29, 1.82) is 0 Å². The fraction of sp³-hybridized carbons (Fsp3) is 0.222. The Morgan fingerprint density at radius 2 is 1.24 bits per heavy atom. The second kappa shape index (κ2) is 16.5. The minimum absolute atomic E-state index is 0.0331. The van der Waals surface area contributed by atoms with Crippen molar-refractivity contribution in [2.75, 3.05) is 14.2 Å². The van der Waals surface area contributed by atoms with Crippen molar-refractivity contribution < 1.29 is 38.6 Å². The number of halogens is 2. The summed E-state index contributed by atoms with van der Waals surface area (Å²) in [6.45, 7) is 3.28. The van der Waals surface area contributed by atoms with Crippen LogP contribution in [0.2, 0.25) is 0 Å². The third-order valence-corrected chi connectivity index (χ3v) is 3.50. The van der Waals surface area contributed by atoms with Gasteiger partial charge in [-0.3, -0.25) is 20.2 Å². The van der Waals surface area contributed by atoms with E-state index in [0.717, 1.165) is 13.2 Å². The number of aliphatic hydroxyl groups excluding tert-OH is 1. The molecule has 33 heavy (non-hydrogen) atoms. The van der Waals surface area contributed by atoms with Crippen molar-refractivity contribution in [3.63, 3.8) is 0 Å². The number of rotatable bonds is 4. The predicted octanol–water partition coefficient (Wildman–Crippen LogP) is 3.94. The normalized spacial score (nSPS) is 9.09. The first-order valence-electron chi connectivity index (χ1n) is 8.32. The molecule has 0 saturated heterocycles. The maximum Gasteiger partial charge on any atom is 0.338 e. The number of aliphatic hydroxyl groups is 1. The van der Waals surface area contributed by atoms with Crippen LogP contribution in [0.3, 0.4) is 0 Å². The van der Waals surface area contributed by atoms with Crippen LogP contribution in [-0.4, -0.2) is 50.4 Å². The van der Waals surface area contributed by atoms with Crippen molar-refractivity contribution in [2.45, 2.75) is 13.8 Å². The summed E-state index contributed by atoms with van der Waals surface area (Å²) in [6.07, 6.45) is 0. The number of nitro groups is 2. The maximum atomic E-state index is 11.2. The number of carbonyl (C=O) groups excluding carboxylic acids is 1. The van der Waals surface area contributed by atoms with Gasteiger partial charge in [-0.15, -0.1) is 0 Å². The summed E-state index contributed by atoms with van der Waals surface area (Å²) in [5, 5.41) is 36.4. The Hall–Kier alpha value is -3.13. The molecule has 0 fully saturated rings. The second-order valence-corrected chi connectivity index (χ2v) is 8.02. The highest BCUT2D eigenvalue weighted by Crippen LogP contribution is 2.18. The Morgan fingerprint density at radius 3 is 1.55 bits per heavy atom. The Balaban J connectivity index is 0. The van der Waals surface area contributed by atoms with E-state index in [9.17, 15) is 29.8 Å². The molecule has 0 heterocycles. The van der Waals surface area contributed by atoms with Crippen LogP contribution < -0.4 is 0 Å². The topological polar surface area (TPSA) is 187 Å². The summed E-state index contributed by atoms with van der Waals surface area (Å²) >= 11 is 0. The number of hydrogen-bond donors (Lipinski definition) is 2. The van der Waals surface area contributed by atoms with E-state index in [-0.39, 0.29) is 22.5 Å². The minimum atomic E-state index is -1.67. The molecule has 0 amide bonds. The molecule has 0 radical (unpaired) electrons. The van der Waals surface area contributed by atoms with Crippen molar-refractivity contribution in [1.82, 2.24) is 0 Å². The molecule has 2 N–H and O–H groups in total. The number of methoxy groups -OCH3 is 1. The molecule has 0 aromatic heterocycles. The van der Waals surface area contributed by atoms with Crippen molar-refractivity contribution in [2.24, 2.45) is 0 Å². The number of nitrogens with zero attached hydrogens (tertiary/aromatic N) is 2. The van der Waals surface area contributed by atoms with E-state index in [0.29, 0.717) is 11.1 Å². The van der Waals surface area contributed by atoms with Gasteiger partial charge in [-0.25, -0.2) is 13.8 Å². The standard InChI is InChI=1S/C9H9NO4.C8H7NO4.CH4O.Cl2OS/c1-6-3-4-7(10(12)13)5-8(6)9(11)14-2;1-5-2-3-6(9(12)13)4-7(5)8(10)11;1-2;1-4(2)3/h3-5H,1-2H3;2-4H,1H3,(H,10,11);2H,1H3;. The van der Waals surface area contributed by atoms with E-state index in [1.54, 1.807) is 13.8 Å². The fourth-order valence-electron chi connectivity index (χ4n) is 2.01. The molecule has 182 valence electrons. The zero-order chi connectivity index (χ0) is 26.3. The van der Waals surface area contributed by atoms with Gasteiger partial charge in [0, 0.05) is 52.7 Å². The predicted molar refractivity (Wildman–Crippen MR) is 122 cm³/mol. The summed E-state index contributed by atoms with van der Waals surface area (Å²) in [4.78, 5) is 41.3. The van der Waals surface area contributed by atoms with Crippen LogP contribution in [0.15, 0.2) is 36.4 Å². The van der Waals surface area contributed by atoms with Gasteiger partial charge in [-0.2, -0.15) is 0 Å². The number of ether oxygens (including phenoxy) is 1. The summed E-state index contributed by atoms with van der Waals surface area (Å²) in [7, 11) is 9.59. The van der Waals surface area contributed by atoms with E-state index >= 15 is 0 Å². The highest BCUT2D eigenvalue weighted by molar-refractivity contribution is 8.26. The molecule has 15 heteroatoms. The third-order valence-electron chi connectivity index (χ3n) is 3.50. The van der Waals surface area contributed by atoms with Crippen molar-refractivity contribution >= 4 is 53.9 Å². The molecule has 0 unspecified atom stereocenters. The largest absolute Gasteiger partial charge is 0.478 e. The molecule has 0 atom stereocenters. The molecule has 0 aliphatic rings. The molecule has 0 bridgehead atoms.